The van der Waals surface area contributed by atoms with Gasteiger partial charge in [0.25, 0.3) is 0 Å². The van der Waals surface area contributed by atoms with E-state index in [1.807, 2.05) is 13.0 Å². The molecule has 0 radical (unpaired) electrons. The summed E-state index contributed by atoms with van der Waals surface area (Å²) < 4.78 is 23.0. The van der Waals surface area contributed by atoms with Gasteiger partial charge in [0.15, 0.2) is 9.84 Å². The summed E-state index contributed by atoms with van der Waals surface area (Å²) in [4.78, 5) is 0. The lowest BCUT2D eigenvalue weighted by Gasteiger charge is -2.14. The van der Waals surface area contributed by atoms with E-state index in [-0.39, 0.29) is 11.7 Å². The average molecular weight is 189 g/mol. The highest BCUT2D eigenvalue weighted by atomic mass is 32.2. The van der Waals surface area contributed by atoms with Gasteiger partial charge in [0, 0.05) is 0 Å². The van der Waals surface area contributed by atoms with Gasteiger partial charge in [-0.1, -0.05) is 6.92 Å². The van der Waals surface area contributed by atoms with Gasteiger partial charge in [-0.05, 0) is 20.3 Å². The van der Waals surface area contributed by atoms with E-state index >= 15 is 0 Å². The monoisotopic (exact) mass is 189 g/mol. The van der Waals surface area contributed by atoms with E-state index in [2.05, 4.69) is 0 Å². The Hall–Kier alpha value is -0.560. The largest absolute Gasteiger partial charge is 0.228 e. The van der Waals surface area contributed by atoms with Crippen LogP contribution in [0.3, 0.4) is 0 Å². The lowest BCUT2D eigenvalue weighted by atomic mass is 10.4. The van der Waals surface area contributed by atoms with Crippen LogP contribution >= 0.6 is 0 Å². The van der Waals surface area contributed by atoms with Gasteiger partial charge in [-0.3, -0.25) is 0 Å². The average Bonchev–Trinajstić information content (AvgIpc) is 2.03. The van der Waals surface area contributed by atoms with Crippen LogP contribution in [0.15, 0.2) is 0 Å². The number of rotatable bonds is 4. The Morgan fingerprint density at radius 1 is 1.33 bits per heavy atom. The van der Waals surface area contributed by atoms with E-state index in [0.29, 0.717) is 6.42 Å². The zero-order valence-corrected chi connectivity index (χ0v) is 8.56. The minimum atomic E-state index is -3.07. The molecule has 0 saturated carbocycles. The first-order valence-corrected chi connectivity index (χ1v) is 5.67. The van der Waals surface area contributed by atoms with Gasteiger partial charge in [-0.15, -0.1) is 0 Å². The van der Waals surface area contributed by atoms with Gasteiger partial charge in [0.2, 0.25) is 0 Å². The molecule has 0 aliphatic carbocycles. The summed E-state index contributed by atoms with van der Waals surface area (Å²) in [6.45, 7) is 5.11. The molecule has 0 aliphatic rings. The molecule has 0 amide bonds. The van der Waals surface area contributed by atoms with E-state index in [1.165, 1.54) is 0 Å². The second-order valence-corrected chi connectivity index (χ2v) is 5.77. The van der Waals surface area contributed by atoms with Crippen molar-refractivity contribution in [2.24, 2.45) is 0 Å². The maximum atomic E-state index is 11.5. The Bertz CT molecular complexity index is 263. The summed E-state index contributed by atoms with van der Waals surface area (Å²) in [7, 11) is -3.07. The van der Waals surface area contributed by atoms with Crippen LogP contribution in [0, 0.1) is 11.3 Å². The zero-order chi connectivity index (χ0) is 9.78. The molecule has 0 aromatic carbocycles. The van der Waals surface area contributed by atoms with Crippen LogP contribution in [0.1, 0.15) is 33.6 Å². The fourth-order valence-corrected chi connectivity index (χ4v) is 2.44. The Morgan fingerprint density at radius 2 is 1.83 bits per heavy atom. The van der Waals surface area contributed by atoms with Crippen molar-refractivity contribution < 1.29 is 8.42 Å². The zero-order valence-electron chi connectivity index (χ0n) is 7.74. The number of hydrogen-bond acceptors (Lipinski definition) is 3. The number of sulfone groups is 1. The van der Waals surface area contributed by atoms with Crippen LogP contribution in [0.4, 0.5) is 0 Å². The molecule has 12 heavy (non-hydrogen) atoms. The maximum Gasteiger partial charge on any atom is 0.156 e. The first-order chi connectivity index (χ1) is 5.46. The van der Waals surface area contributed by atoms with Crippen molar-refractivity contribution in [3.8, 4) is 6.07 Å². The van der Waals surface area contributed by atoms with Gasteiger partial charge in [-0.2, -0.15) is 5.26 Å². The molecule has 4 heteroatoms. The molecule has 0 heterocycles. The van der Waals surface area contributed by atoms with Gasteiger partial charge >= 0.3 is 0 Å². The normalized spacial score (nSPS) is 16.5. The summed E-state index contributed by atoms with van der Waals surface area (Å²) in [5.41, 5.74) is 0. The molecule has 0 aromatic rings. The number of hydrogen-bond donors (Lipinski definition) is 0. The molecule has 0 fully saturated rings. The van der Waals surface area contributed by atoms with E-state index < -0.39 is 15.1 Å². The molecule has 2 unspecified atom stereocenters. The lowest BCUT2D eigenvalue weighted by Crippen LogP contribution is -2.27. The van der Waals surface area contributed by atoms with Crippen LogP contribution in [-0.2, 0) is 9.84 Å². The van der Waals surface area contributed by atoms with E-state index in [9.17, 15) is 8.42 Å². The summed E-state index contributed by atoms with van der Waals surface area (Å²) in [5.74, 6) is 0. The van der Waals surface area contributed by atoms with Crippen molar-refractivity contribution in [1.82, 2.24) is 0 Å². The number of nitriles is 1. The topological polar surface area (TPSA) is 57.9 Å². The summed E-state index contributed by atoms with van der Waals surface area (Å²) in [5, 5.41) is 7.48. The molecule has 0 N–H and O–H groups in total. The summed E-state index contributed by atoms with van der Waals surface area (Å²) >= 11 is 0. The summed E-state index contributed by atoms with van der Waals surface area (Å²) in [6.07, 6.45) is 0.699. The van der Waals surface area contributed by atoms with Gasteiger partial charge < -0.3 is 0 Å². The second kappa shape index (κ2) is 4.46. The third-order valence-corrected chi connectivity index (χ3v) is 4.82. The highest BCUT2D eigenvalue weighted by Gasteiger charge is 2.25. The van der Waals surface area contributed by atoms with Gasteiger partial charge in [0.05, 0.1) is 23.0 Å². The fraction of sp³-hybridized carbons (Fsp3) is 0.875. The van der Waals surface area contributed by atoms with E-state index in [0.717, 1.165) is 0 Å². The van der Waals surface area contributed by atoms with Crippen molar-refractivity contribution >= 4 is 9.84 Å². The van der Waals surface area contributed by atoms with Crippen molar-refractivity contribution in [1.29, 1.82) is 5.26 Å². The van der Waals surface area contributed by atoms with Crippen molar-refractivity contribution in [3.63, 3.8) is 0 Å². The molecule has 0 spiro atoms. The first kappa shape index (κ1) is 11.4. The van der Waals surface area contributed by atoms with Crippen LogP contribution in [0.25, 0.3) is 0 Å². The molecule has 0 aliphatic heterocycles. The lowest BCUT2D eigenvalue weighted by molar-refractivity contribution is 0.568. The van der Waals surface area contributed by atoms with Crippen LogP contribution in [-0.4, -0.2) is 18.9 Å². The van der Waals surface area contributed by atoms with Gasteiger partial charge in [0.1, 0.15) is 0 Å². The van der Waals surface area contributed by atoms with E-state index in [4.69, 9.17) is 5.26 Å². The third kappa shape index (κ3) is 2.49. The molecule has 0 saturated heterocycles. The molecular weight excluding hydrogens is 174 g/mol. The van der Waals surface area contributed by atoms with Crippen molar-refractivity contribution in [2.75, 3.05) is 0 Å². The molecule has 0 rings (SSSR count). The van der Waals surface area contributed by atoms with Crippen LogP contribution in [0.2, 0.25) is 0 Å². The standard InChI is InChI=1S/C8H15NO2S/c1-4-7(2)12(10,11)8(3)5-6-9/h7-8H,4-5H2,1-3H3. The highest BCUT2D eigenvalue weighted by Crippen LogP contribution is 2.14. The quantitative estimate of drug-likeness (QED) is 0.673. The Labute approximate surface area is 74.3 Å². The smallest absolute Gasteiger partial charge is 0.156 e. The molecular formula is C8H15NO2S. The molecule has 2 atom stereocenters. The van der Waals surface area contributed by atoms with Crippen LogP contribution < -0.4 is 0 Å². The minimum absolute atomic E-state index is 0.0900. The molecule has 70 valence electrons. The molecule has 0 aromatic heterocycles. The maximum absolute atomic E-state index is 11.5. The molecule has 3 nitrogen and oxygen atoms in total. The van der Waals surface area contributed by atoms with Crippen molar-refractivity contribution in [2.45, 2.75) is 44.1 Å². The summed E-state index contributed by atoms with van der Waals surface area (Å²) in [6, 6.07) is 1.87. The Kier molecular flexibility index (Phi) is 4.25. The predicted octanol–water partition coefficient (Wildman–Crippen LogP) is 1.50. The Balaban J connectivity index is 4.53. The fourth-order valence-electron chi connectivity index (χ4n) is 0.874. The van der Waals surface area contributed by atoms with E-state index in [1.54, 1.807) is 13.8 Å². The van der Waals surface area contributed by atoms with Crippen molar-refractivity contribution in [3.05, 3.63) is 0 Å². The minimum Gasteiger partial charge on any atom is -0.228 e. The Morgan fingerprint density at radius 3 is 2.17 bits per heavy atom. The predicted molar refractivity (Wildman–Crippen MR) is 48.4 cm³/mol. The second-order valence-electron chi connectivity index (χ2n) is 2.98. The molecule has 0 bridgehead atoms. The van der Waals surface area contributed by atoms with Crippen LogP contribution in [0.5, 0.6) is 0 Å². The first-order valence-electron chi connectivity index (χ1n) is 4.06. The highest BCUT2D eigenvalue weighted by molar-refractivity contribution is 7.92. The van der Waals surface area contributed by atoms with Gasteiger partial charge in [-0.25, -0.2) is 8.42 Å². The SMILES string of the molecule is CCC(C)S(=O)(=O)C(C)CC#N. The number of nitrogens with zero attached hydrogens (tertiary/aromatic N) is 1. The third-order valence-electron chi connectivity index (χ3n) is 2.08.